The van der Waals surface area contributed by atoms with Crippen LogP contribution in [0.3, 0.4) is 0 Å². The van der Waals surface area contributed by atoms with E-state index in [2.05, 4.69) is 43.0 Å². The molecule has 1 aliphatic rings. The molecule has 0 aromatic carbocycles. The summed E-state index contributed by atoms with van der Waals surface area (Å²) >= 11 is 0. The molecule has 1 fully saturated rings. The Morgan fingerprint density at radius 3 is 2.55 bits per heavy atom. The molecule has 0 amide bonds. The molecule has 0 spiro atoms. The Bertz CT molecular complexity index is 474. The number of nitrogens with one attached hydrogen (secondary N) is 1. The van der Waals surface area contributed by atoms with Crippen molar-refractivity contribution in [2.24, 2.45) is 5.92 Å². The second-order valence-corrected chi connectivity index (χ2v) is 6.53. The van der Waals surface area contributed by atoms with Crippen LogP contribution in [0.5, 0.6) is 5.88 Å². The predicted octanol–water partition coefficient (Wildman–Crippen LogP) is 2.34. The van der Waals surface area contributed by atoms with Crippen molar-refractivity contribution in [1.82, 2.24) is 15.3 Å². The van der Waals surface area contributed by atoms with Crippen LogP contribution in [0.1, 0.15) is 45.9 Å². The summed E-state index contributed by atoms with van der Waals surface area (Å²) in [5.41, 5.74) is 0.633. The van der Waals surface area contributed by atoms with Gasteiger partial charge in [0.15, 0.2) is 0 Å². The SMILES string of the molecule is CNC(c1cc(OC)ncn1)C1CC(C)(C)OC1(C)C. The first-order valence-electron chi connectivity index (χ1n) is 7.02. The number of methoxy groups -OCH3 is 1. The molecule has 0 radical (unpaired) electrons. The highest BCUT2D eigenvalue weighted by Crippen LogP contribution is 2.47. The summed E-state index contributed by atoms with van der Waals surface area (Å²) in [6, 6.07) is 2.01. The lowest BCUT2D eigenvalue weighted by Gasteiger charge is -2.32. The minimum absolute atomic E-state index is 0.111. The minimum Gasteiger partial charge on any atom is -0.481 e. The fraction of sp³-hybridized carbons (Fsp3) is 0.733. The van der Waals surface area contributed by atoms with E-state index < -0.39 is 0 Å². The summed E-state index contributed by atoms with van der Waals surface area (Å²) in [6.07, 6.45) is 2.53. The maximum absolute atomic E-state index is 6.19. The lowest BCUT2D eigenvalue weighted by Crippen LogP contribution is -2.37. The van der Waals surface area contributed by atoms with E-state index in [0.29, 0.717) is 11.8 Å². The van der Waals surface area contributed by atoms with Crippen LogP contribution in [0.15, 0.2) is 12.4 Å². The third-order valence-electron chi connectivity index (χ3n) is 4.05. The van der Waals surface area contributed by atoms with Crippen molar-refractivity contribution in [3.05, 3.63) is 18.1 Å². The zero-order valence-electron chi connectivity index (χ0n) is 13.2. The number of rotatable bonds is 4. The number of nitrogens with zero attached hydrogens (tertiary/aromatic N) is 2. The van der Waals surface area contributed by atoms with Gasteiger partial charge >= 0.3 is 0 Å². The van der Waals surface area contributed by atoms with E-state index in [1.807, 2.05) is 13.1 Å². The van der Waals surface area contributed by atoms with Crippen molar-refractivity contribution < 1.29 is 9.47 Å². The highest BCUT2D eigenvalue weighted by Gasteiger charge is 2.49. The normalized spacial score (nSPS) is 25.4. The van der Waals surface area contributed by atoms with E-state index in [1.165, 1.54) is 0 Å². The van der Waals surface area contributed by atoms with Crippen LogP contribution >= 0.6 is 0 Å². The van der Waals surface area contributed by atoms with Gasteiger partial charge < -0.3 is 14.8 Å². The maximum Gasteiger partial charge on any atom is 0.216 e. The van der Waals surface area contributed by atoms with Crippen LogP contribution in [0, 0.1) is 5.92 Å². The molecule has 1 N–H and O–H groups in total. The molecule has 1 aromatic heterocycles. The van der Waals surface area contributed by atoms with Crippen LogP contribution in [0.4, 0.5) is 0 Å². The quantitative estimate of drug-likeness (QED) is 0.916. The molecular weight excluding hydrogens is 254 g/mol. The highest BCUT2D eigenvalue weighted by molar-refractivity contribution is 5.19. The molecule has 1 aromatic rings. The van der Waals surface area contributed by atoms with Crippen LogP contribution in [-0.4, -0.2) is 35.3 Å². The Morgan fingerprint density at radius 1 is 1.35 bits per heavy atom. The Morgan fingerprint density at radius 2 is 2.05 bits per heavy atom. The minimum atomic E-state index is -0.199. The number of hydrogen-bond donors (Lipinski definition) is 1. The van der Waals surface area contributed by atoms with Gasteiger partial charge in [-0.25, -0.2) is 9.97 Å². The predicted molar refractivity (Wildman–Crippen MR) is 77.7 cm³/mol. The Balaban J connectivity index is 2.32. The molecule has 1 aliphatic heterocycles. The average Bonchev–Trinajstić information content (AvgIpc) is 2.59. The standard InChI is InChI=1S/C15H25N3O2/c1-14(2)8-10(15(3,4)20-14)13(16-5)11-7-12(19-6)18-9-17-11/h7,9-10,13,16H,8H2,1-6H3. The summed E-state index contributed by atoms with van der Waals surface area (Å²) in [4.78, 5) is 8.48. The molecule has 0 aliphatic carbocycles. The molecule has 2 heterocycles. The van der Waals surface area contributed by atoms with Crippen molar-refractivity contribution in [1.29, 1.82) is 0 Å². The van der Waals surface area contributed by atoms with E-state index in [1.54, 1.807) is 13.4 Å². The van der Waals surface area contributed by atoms with Gasteiger partial charge in [-0.1, -0.05) is 0 Å². The van der Waals surface area contributed by atoms with Crippen molar-refractivity contribution >= 4 is 0 Å². The zero-order valence-corrected chi connectivity index (χ0v) is 13.2. The third-order valence-corrected chi connectivity index (χ3v) is 4.05. The second-order valence-electron chi connectivity index (χ2n) is 6.53. The Hall–Kier alpha value is -1.20. The van der Waals surface area contributed by atoms with Crippen LogP contribution in [0.2, 0.25) is 0 Å². The van der Waals surface area contributed by atoms with Crippen molar-refractivity contribution in [2.45, 2.75) is 51.4 Å². The van der Waals surface area contributed by atoms with Crippen LogP contribution in [-0.2, 0) is 4.74 Å². The molecule has 0 bridgehead atoms. The molecule has 2 unspecified atom stereocenters. The lowest BCUT2D eigenvalue weighted by molar-refractivity contribution is -0.0778. The first-order chi connectivity index (χ1) is 9.29. The highest BCUT2D eigenvalue weighted by atomic mass is 16.5. The van der Waals surface area contributed by atoms with Gasteiger partial charge in [0.2, 0.25) is 5.88 Å². The summed E-state index contributed by atoms with van der Waals surface area (Å²) in [5, 5.41) is 3.38. The van der Waals surface area contributed by atoms with Crippen molar-refractivity contribution in [3.63, 3.8) is 0 Å². The smallest absolute Gasteiger partial charge is 0.216 e. The average molecular weight is 279 g/mol. The summed E-state index contributed by atoms with van der Waals surface area (Å²) in [7, 11) is 3.58. The van der Waals surface area contributed by atoms with E-state index in [4.69, 9.17) is 9.47 Å². The van der Waals surface area contributed by atoms with Crippen molar-refractivity contribution in [3.8, 4) is 5.88 Å². The van der Waals surface area contributed by atoms with E-state index >= 15 is 0 Å². The summed E-state index contributed by atoms with van der Waals surface area (Å²) in [6.45, 7) is 8.58. The van der Waals surface area contributed by atoms with Gasteiger partial charge in [-0.2, -0.15) is 0 Å². The van der Waals surface area contributed by atoms with Gasteiger partial charge in [0, 0.05) is 12.0 Å². The first-order valence-corrected chi connectivity index (χ1v) is 7.02. The molecule has 0 saturated carbocycles. The Labute approximate surface area is 121 Å². The molecule has 112 valence electrons. The molecule has 2 atom stereocenters. The lowest BCUT2D eigenvalue weighted by atomic mass is 9.80. The number of ether oxygens (including phenoxy) is 2. The van der Waals surface area contributed by atoms with Crippen LogP contribution in [0.25, 0.3) is 0 Å². The topological polar surface area (TPSA) is 56.3 Å². The maximum atomic E-state index is 6.19. The van der Waals surface area contributed by atoms with Gasteiger partial charge in [-0.15, -0.1) is 0 Å². The molecule has 20 heavy (non-hydrogen) atoms. The zero-order chi connectivity index (χ0) is 15.0. The van der Waals surface area contributed by atoms with E-state index in [9.17, 15) is 0 Å². The molecule has 5 heteroatoms. The summed E-state index contributed by atoms with van der Waals surface area (Å²) < 4.78 is 11.4. The molecule has 1 saturated heterocycles. The number of hydrogen-bond acceptors (Lipinski definition) is 5. The van der Waals surface area contributed by atoms with Crippen molar-refractivity contribution in [2.75, 3.05) is 14.2 Å². The molecule has 5 nitrogen and oxygen atoms in total. The monoisotopic (exact) mass is 279 g/mol. The van der Waals surface area contributed by atoms with E-state index in [0.717, 1.165) is 12.1 Å². The van der Waals surface area contributed by atoms with Gasteiger partial charge in [0.05, 0.1) is 30.0 Å². The van der Waals surface area contributed by atoms with Gasteiger partial charge in [-0.05, 0) is 41.2 Å². The fourth-order valence-electron chi connectivity index (χ4n) is 3.31. The fourth-order valence-corrected chi connectivity index (χ4v) is 3.31. The van der Waals surface area contributed by atoms with Gasteiger partial charge in [0.25, 0.3) is 0 Å². The van der Waals surface area contributed by atoms with Crippen LogP contribution < -0.4 is 10.1 Å². The summed E-state index contributed by atoms with van der Waals surface area (Å²) in [5.74, 6) is 0.924. The van der Waals surface area contributed by atoms with Gasteiger partial charge in [0.1, 0.15) is 6.33 Å². The third kappa shape index (κ3) is 2.94. The largest absolute Gasteiger partial charge is 0.481 e. The second kappa shape index (κ2) is 5.30. The number of aromatic nitrogens is 2. The molecule has 2 rings (SSSR count). The first kappa shape index (κ1) is 15.2. The Kier molecular flexibility index (Phi) is 4.02. The molecular formula is C15H25N3O2. The van der Waals surface area contributed by atoms with Gasteiger partial charge in [-0.3, -0.25) is 0 Å². The van der Waals surface area contributed by atoms with E-state index in [-0.39, 0.29) is 17.2 Å².